The molecule has 22 heavy (non-hydrogen) atoms. The average Bonchev–Trinajstić information content (AvgIpc) is 2.83. The first-order chi connectivity index (χ1) is 10.6. The molecule has 124 valence electrons. The van der Waals surface area contributed by atoms with Gasteiger partial charge in [-0.3, -0.25) is 9.69 Å². The first kappa shape index (κ1) is 16.0. The molecule has 3 rings (SSSR count). The molecule has 0 aromatic heterocycles. The lowest BCUT2D eigenvalue weighted by atomic mass is 9.93. The van der Waals surface area contributed by atoms with Gasteiger partial charge in [0.1, 0.15) is 0 Å². The first-order valence-electron chi connectivity index (χ1n) is 8.45. The zero-order valence-electron chi connectivity index (χ0n) is 13.0. The molecule has 3 aliphatic rings. The number of sulfone groups is 1. The summed E-state index contributed by atoms with van der Waals surface area (Å²) in [5.74, 6) is 0.342. The average molecular weight is 326 g/mol. The summed E-state index contributed by atoms with van der Waals surface area (Å²) in [6, 6.07) is -0.269. The maximum absolute atomic E-state index is 12.4. The highest BCUT2D eigenvalue weighted by Gasteiger charge is 2.42. The van der Waals surface area contributed by atoms with E-state index in [1.54, 1.807) is 0 Å². The van der Waals surface area contributed by atoms with E-state index < -0.39 is 9.84 Å². The van der Waals surface area contributed by atoms with Crippen LogP contribution in [0.3, 0.4) is 0 Å². The highest BCUT2D eigenvalue weighted by molar-refractivity contribution is 7.91. The molecule has 2 heterocycles. The Bertz CT molecular complexity index is 538. The molecule has 0 saturated carbocycles. The minimum Gasteiger partial charge on any atom is -0.350 e. The summed E-state index contributed by atoms with van der Waals surface area (Å²) in [4.78, 5) is 14.7. The lowest BCUT2D eigenvalue weighted by Crippen LogP contribution is -2.53. The molecule has 0 aromatic carbocycles. The summed E-state index contributed by atoms with van der Waals surface area (Å²) < 4.78 is 24.1. The van der Waals surface area contributed by atoms with Crippen molar-refractivity contribution in [3.8, 4) is 0 Å². The minimum atomic E-state index is -3.04. The van der Waals surface area contributed by atoms with E-state index in [-0.39, 0.29) is 35.4 Å². The third-order valence-electron chi connectivity index (χ3n) is 5.15. The lowest BCUT2D eigenvalue weighted by molar-refractivity contribution is -0.126. The Hall–Kier alpha value is -0.880. The number of hydrogen-bond donors (Lipinski definition) is 1. The molecule has 1 aliphatic carbocycles. The van der Waals surface area contributed by atoms with Gasteiger partial charge in [-0.05, 0) is 45.2 Å². The molecule has 2 fully saturated rings. The summed E-state index contributed by atoms with van der Waals surface area (Å²) in [5, 5.41) is 3.06. The van der Waals surface area contributed by atoms with Crippen molar-refractivity contribution in [1.29, 1.82) is 0 Å². The quantitative estimate of drug-likeness (QED) is 0.789. The van der Waals surface area contributed by atoms with Crippen molar-refractivity contribution >= 4 is 15.7 Å². The van der Waals surface area contributed by atoms with Gasteiger partial charge in [0.2, 0.25) is 5.91 Å². The van der Waals surface area contributed by atoms with Crippen LogP contribution in [-0.4, -0.2) is 55.9 Å². The molecule has 2 aliphatic heterocycles. The molecule has 1 amide bonds. The molecule has 0 radical (unpaired) electrons. The van der Waals surface area contributed by atoms with Crippen molar-refractivity contribution < 1.29 is 13.2 Å². The molecule has 0 spiro atoms. The fraction of sp³-hybridized carbons (Fsp3) is 0.812. The Morgan fingerprint density at radius 2 is 1.86 bits per heavy atom. The Labute approximate surface area is 133 Å². The second-order valence-corrected chi connectivity index (χ2v) is 8.99. The van der Waals surface area contributed by atoms with Crippen LogP contribution >= 0.6 is 0 Å². The number of carbonyl (C=O) groups excluding carboxylic acids is 1. The number of nitrogens with zero attached hydrogens (tertiary/aromatic N) is 1. The second-order valence-electron chi connectivity index (χ2n) is 6.84. The number of carbonyl (C=O) groups is 1. The zero-order chi connectivity index (χ0) is 15.6. The maximum atomic E-state index is 12.4. The lowest BCUT2D eigenvalue weighted by Gasteiger charge is -2.35. The van der Waals surface area contributed by atoms with E-state index in [1.165, 1.54) is 6.42 Å². The van der Waals surface area contributed by atoms with Crippen LogP contribution in [0.5, 0.6) is 0 Å². The van der Waals surface area contributed by atoms with E-state index in [4.69, 9.17) is 0 Å². The van der Waals surface area contributed by atoms with Crippen LogP contribution in [0.1, 0.15) is 38.5 Å². The summed E-state index contributed by atoms with van der Waals surface area (Å²) >= 11 is 0. The minimum absolute atomic E-state index is 0.00955. The Balaban J connectivity index is 1.66. The largest absolute Gasteiger partial charge is 0.350 e. The van der Waals surface area contributed by atoms with Crippen LogP contribution in [-0.2, 0) is 14.6 Å². The van der Waals surface area contributed by atoms with Crippen molar-refractivity contribution in [2.45, 2.75) is 50.6 Å². The second kappa shape index (κ2) is 6.71. The number of piperidine rings is 1. The van der Waals surface area contributed by atoms with E-state index >= 15 is 0 Å². The normalized spacial score (nSPS) is 35.4. The van der Waals surface area contributed by atoms with Gasteiger partial charge in [0, 0.05) is 12.0 Å². The Kier molecular flexibility index (Phi) is 4.88. The monoisotopic (exact) mass is 326 g/mol. The number of allylic oxidation sites excluding steroid dienone is 2. The molecule has 0 bridgehead atoms. The van der Waals surface area contributed by atoms with Gasteiger partial charge < -0.3 is 5.32 Å². The van der Waals surface area contributed by atoms with Gasteiger partial charge >= 0.3 is 0 Å². The number of rotatable bonds is 3. The van der Waals surface area contributed by atoms with Crippen LogP contribution in [0.4, 0.5) is 0 Å². The van der Waals surface area contributed by atoms with E-state index in [0.29, 0.717) is 0 Å². The standard InChI is InChI=1S/C16H26N2O3S/c19-16(13-7-3-1-4-8-13)17-14-11-22(20,21)12-15(14)18-9-5-2-6-10-18/h1,3,13-15H,2,4-12H2,(H,17,19)/t13-,14-,15+/m1/s1. The zero-order valence-corrected chi connectivity index (χ0v) is 13.9. The van der Waals surface area contributed by atoms with Crippen LogP contribution < -0.4 is 5.32 Å². The van der Waals surface area contributed by atoms with Crippen molar-refractivity contribution in [3.05, 3.63) is 12.2 Å². The molecule has 1 N–H and O–H groups in total. The van der Waals surface area contributed by atoms with Gasteiger partial charge in [0.15, 0.2) is 9.84 Å². The third-order valence-corrected chi connectivity index (χ3v) is 6.87. The molecular formula is C16H26N2O3S. The van der Waals surface area contributed by atoms with Gasteiger partial charge in [-0.15, -0.1) is 0 Å². The third kappa shape index (κ3) is 3.71. The van der Waals surface area contributed by atoms with Crippen LogP contribution in [0.15, 0.2) is 12.2 Å². The topological polar surface area (TPSA) is 66.5 Å². The maximum Gasteiger partial charge on any atom is 0.223 e. The number of amides is 1. The highest BCUT2D eigenvalue weighted by atomic mass is 32.2. The summed E-state index contributed by atoms with van der Waals surface area (Å²) in [7, 11) is -3.04. The van der Waals surface area contributed by atoms with Crippen molar-refractivity contribution in [2.24, 2.45) is 5.92 Å². The summed E-state index contributed by atoms with van der Waals surface area (Å²) in [5.41, 5.74) is 0. The summed E-state index contributed by atoms with van der Waals surface area (Å²) in [6.45, 7) is 1.91. The molecule has 5 nitrogen and oxygen atoms in total. The van der Waals surface area contributed by atoms with Gasteiger partial charge in [-0.25, -0.2) is 8.42 Å². The Morgan fingerprint density at radius 1 is 1.09 bits per heavy atom. The number of likely N-dealkylation sites (tertiary alicyclic amines) is 1. The number of nitrogens with one attached hydrogen (secondary N) is 1. The van der Waals surface area contributed by atoms with E-state index in [1.807, 2.05) is 0 Å². The smallest absolute Gasteiger partial charge is 0.223 e. The van der Waals surface area contributed by atoms with Gasteiger partial charge in [0.25, 0.3) is 0 Å². The fourth-order valence-electron chi connectivity index (χ4n) is 3.91. The van der Waals surface area contributed by atoms with Crippen molar-refractivity contribution in [2.75, 3.05) is 24.6 Å². The molecular weight excluding hydrogens is 300 g/mol. The molecule has 0 unspecified atom stereocenters. The van der Waals surface area contributed by atoms with Crippen molar-refractivity contribution in [1.82, 2.24) is 10.2 Å². The molecule has 2 saturated heterocycles. The first-order valence-corrected chi connectivity index (χ1v) is 10.3. The van der Waals surface area contributed by atoms with Gasteiger partial charge in [-0.2, -0.15) is 0 Å². The number of hydrogen-bond acceptors (Lipinski definition) is 4. The molecule has 6 heteroatoms. The van der Waals surface area contributed by atoms with Crippen molar-refractivity contribution in [3.63, 3.8) is 0 Å². The van der Waals surface area contributed by atoms with E-state index in [0.717, 1.165) is 45.2 Å². The summed E-state index contributed by atoms with van der Waals surface area (Å²) in [6.07, 6.45) is 10.2. The van der Waals surface area contributed by atoms with Crippen LogP contribution in [0, 0.1) is 5.92 Å². The SMILES string of the molecule is O=C(N[C@@H]1CS(=O)(=O)C[C@@H]1N1CCCCC1)[C@@H]1CC=CCC1. The van der Waals surface area contributed by atoms with E-state index in [2.05, 4.69) is 22.4 Å². The fourth-order valence-corrected chi connectivity index (χ4v) is 5.86. The predicted octanol–water partition coefficient (Wildman–Crippen LogP) is 1.11. The van der Waals surface area contributed by atoms with Gasteiger partial charge in [0.05, 0.1) is 17.5 Å². The Morgan fingerprint density at radius 3 is 2.55 bits per heavy atom. The molecule has 3 atom stereocenters. The van der Waals surface area contributed by atoms with Crippen LogP contribution in [0.2, 0.25) is 0 Å². The molecule has 0 aromatic rings. The highest BCUT2D eigenvalue weighted by Crippen LogP contribution is 2.24. The van der Waals surface area contributed by atoms with E-state index in [9.17, 15) is 13.2 Å². The predicted molar refractivity (Wildman–Crippen MR) is 86.3 cm³/mol. The van der Waals surface area contributed by atoms with Crippen LogP contribution in [0.25, 0.3) is 0 Å². The van der Waals surface area contributed by atoms with Gasteiger partial charge in [-0.1, -0.05) is 18.6 Å².